The lowest BCUT2D eigenvalue weighted by molar-refractivity contribution is -0.127. The highest BCUT2D eigenvalue weighted by Crippen LogP contribution is 2.21. The van der Waals surface area contributed by atoms with Gasteiger partial charge in [0.1, 0.15) is 18.1 Å². The van der Waals surface area contributed by atoms with E-state index in [1.165, 1.54) is 5.56 Å². The van der Waals surface area contributed by atoms with E-state index in [4.69, 9.17) is 9.47 Å². The third-order valence-electron chi connectivity index (χ3n) is 4.22. The number of amides is 1. The van der Waals surface area contributed by atoms with Crippen molar-refractivity contribution in [1.82, 2.24) is 5.32 Å². The van der Waals surface area contributed by atoms with Crippen LogP contribution in [0.5, 0.6) is 11.5 Å². The van der Waals surface area contributed by atoms with Gasteiger partial charge in [-0.05, 0) is 63.4 Å². The summed E-state index contributed by atoms with van der Waals surface area (Å²) in [5.74, 6) is 1.44. The summed E-state index contributed by atoms with van der Waals surface area (Å²) < 4.78 is 11.5. The highest BCUT2D eigenvalue weighted by Gasteiger charge is 2.15. The van der Waals surface area contributed by atoms with Crippen LogP contribution in [-0.2, 0) is 4.79 Å². The molecule has 2 aromatic rings. The zero-order valence-corrected chi connectivity index (χ0v) is 15.7. The van der Waals surface area contributed by atoms with Crippen LogP contribution in [-0.4, -0.2) is 25.2 Å². The normalized spacial score (nSPS) is 11.7. The summed E-state index contributed by atoms with van der Waals surface area (Å²) in [5.41, 5.74) is 4.50. The molecule has 0 saturated heterocycles. The average molecular weight is 341 g/mol. The smallest absolute Gasteiger partial charge is 0.260 e. The van der Waals surface area contributed by atoms with E-state index in [2.05, 4.69) is 11.4 Å². The maximum absolute atomic E-state index is 12.2. The number of ether oxygens (including phenoxy) is 2. The Hall–Kier alpha value is -2.49. The molecule has 0 saturated carbocycles. The molecule has 25 heavy (non-hydrogen) atoms. The van der Waals surface area contributed by atoms with Crippen LogP contribution in [0.3, 0.4) is 0 Å². The van der Waals surface area contributed by atoms with Crippen molar-refractivity contribution in [2.75, 3.05) is 13.2 Å². The zero-order chi connectivity index (χ0) is 18.4. The second-order valence-corrected chi connectivity index (χ2v) is 6.37. The SMILES string of the molecule is Cc1ccc(OCCNC(=O)[C@H](C)Oc2cccc(C)c2C)c(C)c1. The molecule has 1 atom stereocenters. The van der Waals surface area contributed by atoms with Gasteiger partial charge in [-0.1, -0.05) is 29.8 Å². The number of nitrogens with one attached hydrogen (secondary N) is 1. The molecule has 0 bridgehead atoms. The molecule has 4 nitrogen and oxygen atoms in total. The Balaban J connectivity index is 1.78. The van der Waals surface area contributed by atoms with E-state index in [-0.39, 0.29) is 5.91 Å². The molecule has 0 unspecified atom stereocenters. The molecule has 0 fully saturated rings. The Bertz CT molecular complexity index is 740. The van der Waals surface area contributed by atoms with E-state index in [9.17, 15) is 4.79 Å². The minimum Gasteiger partial charge on any atom is -0.491 e. The van der Waals surface area contributed by atoms with Gasteiger partial charge in [-0.15, -0.1) is 0 Å². The molecule has 4 heteroatoms. The number of hydrogen-bond acceptors (Lipinski definition) is 3. The van der Waals surface area contributed by atoms with Crippen molar-refractivity contribution in [2.24, 2.45) is 0 Å². The molecule has 1 amide bonds. The van der Waals surface area contributed by atoms with Crippen LogP contribution in [0.4, 0.5) is 0 Å². The van der Waals surface area contributed by atoms with Gasteiger partial charge in [0.05, 0.1) is 6.54 Å². The number of hydrogen-bond donors (Lipinski definition) is 1. The van der Waals surface area contributed by atoms with Crippen molar-refractivity contribution in [3.05, 3.63) is 58.7 Å². The first kappa shape index (κ1) is 18.8. The third-order valence-corrected chi connectivity index (χ3v) is 4.22. The lowest BCUT2D eigenvalue weighted by Gasteiger charge is -2.17. The zero-order valence-electron chi connectivity index (χ0n) is 15.7. The summed E-state index contributed by atoms with van der Waals surface area (Å²) in [6.07, 6.45) is -0.554. The van der Waals surface area contributed by atoms with Crippen molar-refractivity contribution in [1.29, 1.82) is 0 Å². The van der Waals surface area contributed by atoms with Gasteiger partial charge >= 0.3 is 0 Å². The highest BCUT2D eigenvalue weighted by atomic mass is 16.5. The molecule has 0 aliphatic rings. The van der Waals surface area contributed by atoms with E-state index >= 15 is 0 Å². The number of aryl methyl sites for hydroxylation is 3. The van der Waals surface area contributed by atoms with Gasteiger partial charge in [-0.25, -0.2) is 0 Å². The Morgan fingerprint density at radius 3 is 2.52 bits per heavy atom. The fourth-order valence-electron chi connectivity index (χ4n) is 2.54. The van der Waals surface area contributed by atoms with Gasteiger partial charge in [-0.3, -0.25) is 4.79 Å². The molecule has 2 aromatic carbocycles. The Kier molecular flexibility index (Phi) is 6.45. The fraction of sp³-hybridized carbons (Fsp3) is 0.381. The van der Waals surface area contributed by atoms with E-state index in [0.29, 0.717) is 13.2 Å². The Labute approximate surface area is 150 Å². The van der Waals surface area contributed by atoms with Crippen LogP contribution in [0.2, 0.25) is 0 Å². The Morgan fingerprint density at radius 1 is 1.04 bits per heavy atom. The van der Waals surface area contributed by atoms with Gasteiger partial charge in [0, 0.05) is 0 Å². The van der Waals surface area contributed by atoms with Crippen molar-refractivity contribution in [3.8, 4) is 11.5 Å². The molecule has 2 rings (SSSR count). The monoisotopic (exact) mass is 341 g/mol. The molecule has 0 aliphatic heterocycles. The summed E-state index contributed by atoms with van der Waals surface area (Å²) in [5, 5.41) is 2.85. The number of carbonyl (C=O) groups excluding carboxylic acids is 1. The van der Waals surface area contributed by atoms with Crippen LogP contribution >= 0.6 is 0 Å². The van der Waals surface area contributed by atoms with E-state index in [1.54, 1.807) is 6.92 Å². The first-order valence-electron chi connectivity index (χ1n) is 8.59. The number of carbonyl (C=O) groups is 1. The van der Waals surface area contributed by atoms with E-state index in [0.717, 1.165) is 28.2 Å². The topological polar surface area (TPSA) is 47.6 Å². The first-order valence-corrected chi connectivity index (χ1v) is 8.59. The number of benzene rings is 2. The van der Waals surface area contributed by atoms with Crippen LogP contribution in [0.1, 0.15) is 29.2 Å². The average Bonchev–Trinajstić information content (AvgIpc) is 2.57. The van der Waals surface area contributed by atoms with Crippen molar-refractivity contribution < 1.29 is 14.3 Å². The van der Waals surface area contributed by atoms with Gasteiger partial charge in [0.15, 0.2) is 6.10 Å². The predicted octanol–water partition coefficient (Wildman–Crippen LogP) is 3.88. The Morgan fingerprint density at radius 2 is 1.80 bits per heavy atom. The molecule has 0 heterocycles. The second kappa shape index (κ2) is 8.56. The largest absolute Gasteiger partial charge is 0.491 e. The van der Waals surface area contributed by atoms with Crippen LogP contribution in [0.25, 0.3) is 0 Å². The van der Waals surface area contributed by atoms with Gasteiger partial charge in [0.2, 0.25) is 0 Å². The van der Waals surface area contributed by atoms with Gasteiger partial charge in [0.25, 0.3) is 5.91 Å². The quantitative estimate of drug-likeness (QED) is 0.778. The molecule has 134 valence electrons. The molecule has 0 radical (unpaired) electrons. The lowest BCUT2D eigenvalue weighted by Crippen LogP contribution is -2.38. The molecular weight excluding hydrogens is 314 g/mol. The summed E-state index contributed by atoms with van der Waals surface area (Å²) >= 11 is 0. The lowest BCUT2D eigenvalue weighted by atomic mass is 10.1. The molecule has 0 aliphatic carbocycles. The van der Waals surface area contributed by atoms with Crippen molar-refractivity contribution in [3.63, 3.8) is 0 Å². The molecule has 1 N–H and O–H groups in total. The van der Waals surface area contributed by atoms with Gasteiger partial charge in [-0.2, -0.15) is 0 Å². The maximum Gasteiger partial charge on any atom is 0.260 e. The van der Waals surface area contributed by atoms with Crippen LogP contribution in [0, 0.1) is 27.7 Å². The maximum atomic E-state index is 12.2. The van der Waals surface area contributed by atoms with Crippen LogP contribution < -0.4 is 14.8 Å². The van der Waals surface area contributed by atoms with Crippen LogP contribution in [0.15, 0.2) is 36.4 Å². The van der Waals surface area contributed by atoms with Gasteiger partial charge < -0.3 is 14.8 Å². The summed E-state index contributed by atoms with van der Waals surface area (Å²) in [6, 6.07) is 11.9. The highest BCUT2D eigenvalue weighted by molar-refractivity contribution is 5.80. The minimum absolute atomic E-state index is 0.148. The molecule has 0 spiro atoms. The molecular formula is C21H27NO3. The summed E-state index contributed by atoms with van der Waals surface area (Å²) in [7, 11) is 0. The van der Waals surface area contributed by atoms with Crippen molar-refractivity contribution >= 4 is 5.91 Å². The standard InChI is InChI=1S/C21H27NO3/c1-14-9-10-19(16(3)13-14)24-12-11-22-21(23)18(5)25-20-8-6-7-15(2)17(20)4/h6-10,13,18H,11-12H2,1-5H3,(H,22,23)/t18-/m0/s1. The summed E-state index contributed by atoms with van der Waals surface area (Å²) in [6.45, 7) is 10.7. The fourth-order valence-corrected chi connectivity index (χ4v) is 2.54. The number of rotatable bonds is 7. The summed E-state index contributed by atoms with van der Waals surface area (Å²) in [4.78, 5) is 12.2. The third kappa shape index (κ3) is 5.24. The van der Waals surface area contributed by atoms with E-state index < -0.39 is 6.10 Å². The minimum atomic E-state index is -0.554. The predicted molar refractivity (Wildman–Crippen MR) is 100 cm³/mol. The second-order valence-electron chi connectivity index (χ2n) is 6.37. The van der Waals surface area contributed by atoms with Crippen molar-refractivity contribution in [2.45, 2.75) is 40.7 Å². The molecule has 0 aromatic heterocycles. The van der Waals surface area contributed by atoms with E-state index in [1.807, 2.05) is 58.0 Å². The first-order chi connectivity index (χ1) is 11.9.